The maximum atomic E-state index is 12.2. The Morgan fingerprint density at radius 1 is 1.22 bits per heavy atom. The predicted molar refractivity (Wildman–Crippen MR) is 88.0 cm³/mol. The lowest BCUT2D eigenvalue weighted by Crippen LogP contribution is -2.64. The summed E-state index contributed by atoms with van der Waals surface area (Å²) in [4.78, 5) is 16.7. The van der Waals surface area contributed by atoms with Crippen molar-refractivity contribution in [3.05, 3.63) is 35.9 Å². The third-order valence-corrected chi connectivity index (χ3v) is 4.90. The van der Waals surface area contributed by atoms with Crippen molar-refractivity contribution in [1.82, 2.24) is 9.80 Å². The molecule has 0 unspecified atom stereocenters. The van der Waals surface area contributed by atoms with Gasteiger partial charge in [-0.05, 0) is 17.9 Å². The third kappa shape index (κ3) is 4.10. The van der Waals surface area contributed by atoms with Crippen LogP contribution in [-0.2, 0) is 20.8 Å². The van der Waals surface area contributed by atoms with Gasteiger partial charge in [0.2, 0.25) is 5.91 Å². The molecule has 2 saturated heterocycles. The van der Waals surface area contributed by atoms with E-state index in [2.05, 4.69) is 29.2 Å². The molecule has 0 spiro atoms. The Morgan fingerprint density at radius 3 is 2.83 bits per heavy atom. The molecule has 2 aliphatic heterocycles. The zero-order valence-electron chi connectivity index (χ0n) is 13.8. The topological polar surface area (TPSA) is 42.0 Å². The van der Waals surface area contributed by atoms with Crippen LogP contribution in [0, 0.1) is 5.92 Å². The van der Waals surface area contributed by atoms with Gasteiger partial charge in [-0.3, -0.25) is 9.69 Å². The second kappa shape index (κ2) is 7.90. The van der Waals surface area contributed by atoms with Gasteiger partial charge >= 0.3 is 0 Å². The quantitative estimate of drug-likeness (QED) is 0.713. The zero-order chi connectivity index (χ0) is 16.1. The van der Waals surface area contributed by atoms with Crippen LogP contribution in [0.3, 0.4) is 0 Å². The van der Waals surface area contributed by atoms with E-state index in [0.717, 1.165) is 38.5 Å². The number of ether oxygens (including phenoxy) is 2. The molecule has 0 N–H and O–H groups in total. The van der Waals surface area contributed by atoms with Gasteiger partial charge in [0.05, 0.1) is 13.2 Å². The van der Waals surface area contributed by atoms with E-state index in [1.165, 1.54) is 5.56 Å². The van der Waals surface area contributed by atoms with Crippen molar-refractivity contribution in [3.63, 3.8) is 0 Å². The van der Waals surface area contributed by atoms with Crippen molar-refractivity contribution >= 4 is 5.91 Å². The molecule has 0 bridgehead atoms. The van der Waals surface area contributed by atoms with Crippen LogP contribution < -0.4 is 0 Å². The standard InChI is InChI=1S/C18H26N2O3/c1-22-9-10-23-14-18(21)19-8-7-16-12-20(17(16)13-19)11-15-5-3-2-4-6-15/h2-6,16-17H,7-14H2,1H3/t16-,17-/m1/s1. The molecule has 0 saturated carbocycles. The molecule has 0 radical (unpaired) electrons. The number of benzene rings is 1. The SMILES string of the molecule is COCCOCC(=O)N1CC[C@@H]2CN(Cc3ccccc3)[C@@H]2C1. The summed E-state index contributed by atoms with van der Waals surface area (Å²) in [5, 5.41) is 0. The maximum Gasteiger partial charge on any atom is 0.248 e. The summed E-state index contributed by atoms with van der Waals surface area (Å²) in [5.74, 6) is 0.850. The van der Waals surface area contributed by atoms with E-state index in [0.29, 0.717) is 19.3 Å². The van der Waals surface area contributed by atoms with Gasteiger partial charge < -0.3 is 14.4 Å². The highest BCUT2D eigenvalue weighted by Gasteiger charge is 2.43. The first-order chi connectivity index (χ1) is 11.3. The average molecular weight is 318 g/mol. The molecule has 5 nitrogen and oxygen atoms in total. The van der Waals surface area contributed by atoms with Gasteiger partial charge in [-0.2, -0.15) is 0 Å². The summed E-state index contributed by atoms with van der Waals surface area (Å²) in [5.41, 5.74) is 1.34. The molecule has 1 aromatic rings. The van der Waals surface area contributed by atoms with E-state index in [4.69, 9.17) is 9.47 Å². The third-order valence-electron chi connectivity index (χ3n) is 4.90. The lowest BCUT2D eigenvalue weighted by Gasteiger charge is -2.53. The lowest BCUT2D eigenvalue weighted by atomic mass is 9.82. The van der Waals surface area contributed by atoms with E-state index in [9.17, 15) is 4.79 Å². The molecule has 0 aromatic heterocycles. The Kier molecular flexibility index (Phi) is 5.65. The van der Waals surface area contributed by atoms with Crippen LogP contribution >= 0.6 is 0 Å². The number of likely N-dealkylation sites (tertiary alicyclic amines) is 2. The highest BCUT2D eigenvalue weighted by atomic mass is 16.5. The van der Waals surface area contributed by atoms with Crippen molar-refractivity contribution in [2.24, 2.45) is 5.92 Å². The van der Waals surface area contributed by atoms with Crippen LogP contribution in [0.5, 0.6) is 0 Å². The molecule has 3 rings (SSSR count). The molecular weight excluding hydrogens is 292 g/mol. The van der Waals surface area contributed by atoms with Gasteiger partial charge in [0.1, 0.15) is 6.61 Å². The molecule has 2 heterocycles. The number of hydrogen-bond acceptors (Lipinski definition) is 4. The average Bonchev–Trinajstić information content (AvgIpc) is 2.57. The minimum Gasteiger partial charge on any atom is -0.382 e. The van der Waals surface area contributed by atoms with Gasteiger partial charge in [0.15, 0.2) is 0 Å². The van der Waals surface area contributed by atoms with Gasteiger partial charge in [0.25, 0.3) is 0 Å². The fourth-order valence-corrected chi connectivity index (χ4v) is 3.52. The molecule has 2 aliphatic rings. The summed E-state index contributed by atoms with van der Waals surface area (Å²) in [7, 11) is 1.63. The van der Waals surface area contributed by atoms with Crippen LogP contribution in [-0.4, -0.2) is 68.3 Å². The lowest BCUT2D eigenvalue weighted by molar-refractivity contribution is -0.143. The second-order valence-corrected chi connectivity index (χ2v) is 6.42. The monoisotopic (exact) mass is 318 g/mol. The number of methoxy groups -OCH3 is 1. The number of carbonyl (C=O) groups excluding carboxylic acids is 1. The zero-order valence-corrected chi connectivity index (χ0v) is 13.8. The molecule has 23 heavy (non-hydrogen) atoms. The number of hydrogen-bond donors (Lipinski definition) is 0. The fourth-order valence-electron chi connectivity index (χ4n) is 3.52. The molecular formula is C18H26N2O3. The first-order valence-corrected chi connectivity index (χ1v) is 8.40. The van der Waals surface area contributed by atoms with E-state index < -0.39 is 0 Å². The van der Waals surface area contributed by atoms with Crippen molar-refractivity contribution in [2.75, 3.05) is 46.6 Å². The van der Waals surface area contributed by atoms with Crippen molar-refractivity contribution in [3.8, 4) is 0 Å². The smallest absolute Gasteiger partial charge is 0.248 e. The minimum absolute atomic E-state index is 0.103. The normalized spacial score (nSPS) is 24.1. The maximum absolute atomic E-state index is 12.2. The largest absolute Gasteiger partial charge is 0.382 e. The molecule has 2 fully saturated rings. The Balaban J connectivity index is 1.46. The predicted octanol–water partition coefficient (Wildman–Crippen LogP) is 1.38. The van der Waals surface area contributed by atoms with Crippen LogP contribution in [0.15, 0.2) is 30.3 Å². The summed E-state index contributed by atoms with van der Waals surface area (Å²) < 4.78 is 10.3. The molecule has 126 valence electrons. The second-order valence-electron chi connectivity index (χ2n) is 6.42. The van der Waals surface area contributed by atoms with Gasteiger partial charge in [-0.25, -0.2) is 0 Å². The first-order valence-electron chi connectivity index (χ1n) is 8.40. The van der Waals surface area contributed by atoms with Gasteiger partial charge in [-0.1, -0.05) is 30.3 Å². The number of rotatable bonds is 7. The Morgan fingerprint density at radius 2 is 2.04 bits per heavy atom. The Bertz CT molecular complexity index is 508. The highest BCUT2D eigenvalue weighted by molar-refractivity contribution is 5.77. The number of carbonyl (C=O) groups is 1. The van der Waals surface area contributed by atoms with Crippen LogP contribution in [0.4, 0.5) is 0 Å². The van der Waals surface area contributed by atoms with Crippen molar-refractivity contribution < 1.29 is 14.3 Å². The van der Waals surface area contributed by atoms with E-state index in [1.54, 1.807) is 7.11 Å². The van der Waals surface area contributed by atoms with Crippen LogP contribution in [0.2, 0.25) is 0 Å². The van der Waals surface area contributed by atoms with Gasteiger partial charge in [0, 0.05) is 39.3 Å². The highest BCUT2D eigenvalue weighted by Crippen LogP contribution is 2.33. The molecule has 0 aliphatic carbocycles. The van der Waals surface area contributed by atoms with Crippen molar-refractivity contribution in [1.29, 1.82) is 0 Å². The van der Waals surface area contributed by atoms with Gasteiger partial charge in [-0.15, -0.1) is 0 Å². The minimum atomic E-state index is 0.103. The fraction of sp³-hybridized carbons (Fsp3) is 0.611. The van der Waals surface area contributed by atoms with E-state index in [-0.39, 0.29) is 12.5 Å². The summed E-state index contributed by atoms with van der Waals surface area (Å²) in [6, 6.07) is 11.1. The Hall–Kier alpha value is -1.43. The number of nitrogens with zero attached hydrogens (tertiary/aromatic N) is 2. The summed E-state index contributed by atoms with van der Waals surface area (Å²) in [6.45, 7) is 5.02. The Labute approximate surface area is 138 Å². The first kappa shape index (κ1) is 16.4. The van der Waals surface area contributed by atoms with E-state index in [1.807, 2.05) is 11.0 Å². The molecule has 1 aromatic carbocycles. The summed E-state index contributed by atoms with van der Waals surface area (Å²) in [6.07, 6.45) is 1.11. The number of piperidine rings is 1. The number of fused-ring (bicyclic) bond motifs is 1. The number of amides is 1. The molecule has 2 atom stereocenters. The molecule has 1 amide bonds. The van der Waals surface area contributed by atoms with E-state index >= 15 is 0 Å². The van der Waals surface area contributed by atoms with Crippen molar-refractivity contribution in [2.45, 2.75) is 19.0 Å². The molecule has 5 heteroatoms. The van der Waals surface area contributed by atoms with Crippen LogP contribution in [0.25, 0.3) is 0 Å². The summed E-state index contributed by atoms with van der Waals surface area (Å²) >= 11 is 0. The van der Waals surface area contributed by atoms with Crippen LogP contribution in [0.1, 0.15) is 12.0 Å².